The highest BCUT2D eigenvalue weighted by Crippen LogP contribution is 2.41. The highest BCUT2D eigenvalue weighted by molar-refractivity contribution is 5.81. The van der Waals surface area contributed by atoms with Gasteiger partial charge in [0.2, 0.25) is 0 Å². The highest BCUT2D eigenvalue weighted by Gasteiger charge is 2.43. The molecule has 2 aliphatic rings. The third-order valence-electron chi connectivity index (χ3n) is 8.17. The Hall–Kier alpha value is -1.06. The van der Waals surface area contributed by atoms with Crippen LogP contribution < -0.4 is 0 Å². The van der Waals surface area contributed by atoms with E-state index in [1.165, 1.54) is 32.1 Å². The first-order chi connectivity index (χ1) is 14.2. The van der Waals surface area contributed by atoms with Crippen molar-refractivity contribution in [3.63, 3.8) is 0 Å². The number of hydrogen-bond acceptors (Lipinski definition) is 3. The van der Waals surface area contributed by atoms with E-state index in [4.69, 9.17) is 4.74 Å². The SMILES string of the molecule is CCCCC1CCC(C(CC(C)(C)CC)OC(=O)C2CCCC(C)C2C(=O)O)CC1. The fourth-order valence-electron chi connectivity index (χ4n) is 5.67. The molecule has 4 heteroatoms. The van der Waals surface area contributed by atoms with Gasteiger partial charge in [-0.05, 0) is 55.3 Å². The molecule has 1 N–H and O–H groups in total. The van der Waals surface area contributed by atoms with Crippen LogP contribution in [0, 0.1) is 35.0 Å². The average molecular weight is 423 g/mol. The third-order valence-corrected chi connectivity index (χ3v) is 8.17. The summed E-state index contributed by atoms with van der Waals surface area (Å²) >= 11 is 0. The van der Waals surface area contributed by atoms with E-state index in [9.17, 15) is 14.7 Å². The van der Waals surface area contributed by atoms with Gasteiger partial charge in [0.25, 0.3) is 0 Å². The largest absolute Gasteiger partial charge is 0.481 e. The topological polar surface area (TPSA) is 63.6 Å². The zero-order chi connectivity index (χ0) is 22.3. The number of ether oxygens (including phenoxy) is 1. The summed E-state index contributed by atoms with van der Waals surface area (Å²) in [6.07, 6.45) is 12.9. The van der Waals surface area contributed by atoms with Gasteiger partial charge in [0.1, 0.15) is 6.10 Å². The number of hydrogen-bond donors (Lipinski definition) is 1. The van der Waals surface area contributed by atoms with E-state index < -0.39 is 17.8 Å². The van der Waals surface area contributed by atoms with E-state index in [0.717, 1.165) is 44.4 Å². The summed E-state index contributed by atoms with van der Waals surface area (Å²) in [5.74, 6) is -0.900. The molecule has 174 valence electrons. The number of esters is 1. The number of carboxylic acid groups (broad SMARTS) is 1. The molecular weight excluding hydrogens is 376 g/mol. The minimum atomic E-state index is -0.842. The standard InChI is InChI=1S/C26H46O4/c1-6-8-11-19-13-15-20(16-14-19)22(17-26(4,5)7-2)30-25(29)21-12-9-10-18(3)23(21)24(27)28/h18-23H,6-17H2,1-5H3,(H,27,28). The normalized spacial score (nSPS) is 31.2. The molecule has 0 aliphatic heterocycles. The number of aliphatic carboxylic acids is 1. The van der Waals surface area contributed by atoms with Crippen LogP contribution >= 0.6 is 0 Å². The lowest BCUT2D eigenvalue weighted by molar-refractivity contribution is -0.170. The first kappa shape index (κ1) is 25.2. The third kappa shape index (κ3) is 6.99. The molecule has 0 amide bonds. The van der Waals surface area contributed by atoms with Crippen LogP contribution in [0.4, 0.5) is 0 Å². The van der Waals surface area contributed by atoms with Crippen LogP contribution in [0.3, 0.4) is 0 Å². The van der Waals surface area contributed by atoms with E-state index in [2.05, 4.69) is 27.7 Å². The molecular formula is C26H46O4. The van der Waals surface area contributed by atoms with Gasteiger partial charge in [0, 0.05) is 0 Å². The Morgan fingerprint density at radius 3 is 2.30 bits per heavy atom. The van der Waals surface area contributed by atoms with Crippen molar-refractivity contribution in [1.82, 2.24) is 0 Å². The van der Waals surface area contributed by atoms with Crippen molar-refractivity contribution in [2.75, 3.05) is 0 Å². The zero-order valence-corrected chi connectivity index (χ0v) is 20.1. The maximum absolute atomic E-state index is 13.2. The van der Waals surface area contributed by atoms with Crippen LogP contribution in [0.5, 0.6) is 0 Å². The number of carbonyl (C=O) groups is 2. The summed E-state index contributed by atoms with van der Waals surface area (Å²) < 4.78 is 6.21. The van der Waals surface area contributed by atoms with Gasteiger partial charge in [0.15, 0.2) is 0 Å². The molecule has 4 atom stereocenters. The van der Waals surface area contributed by atoms with Crippen LogP contribution in [0.25, 0.3) is 0 Å². The molecule has 0 radical (unpaired) electrons. The number of unbranched alkanes of at least 4 members (excludes halogenated alkanes) is 1. The average Bonchev–Trinajstić information content (AvgIpc) is 2.71. The molecule has 0 spiro atoms. The second-order valence-corrected chi connectivity index (χ2v) is 11.0. The molecule has 2 fully saturated rings. The minimum Gasteiger partial charge on any atom is -0.481 e. The van der Waals surface area contributed by atoms with Crippen LogP contribution in [0.15, 0.2) is 0 Å². The first-order valence-electron chi connectivity index (χ1n) is 12.6. The summed E-state index contributed by atoms with van der Waals surface area (Å²) in [6.45, 7) is 10.9. The van der Waals surface area contributed by atoms with Gasteiger partial charge in [-0.25, -0.2) is 0 Å². The Labute approximate surface area is 184 Å². The fraction of sp³-hybridized carbons (Fsp3) is 0.923. The van der Waals surface area contributed by atoms with Crippen molar-refractivity contribution in [1.29, 1.82) is 0 Å². The minimum absolute atomic E-state index is 0.0355. The smallest absolute Gasteiger partial charge is 0.310 e. The zero-order valence-electron chi connectivity index (χ0n) is 20.1. The monoisotopic (exact) mass is 422 g/mol. The lowest BCUT2D eigenvalue weighted by Gasteiger charge is -2.39. The van der Waals surface area contributed by atoms with E-state index in [1.807, 2.05) is 6.92 Å². The Morgan fingerprint density at radius 2 is 1.73 bits per heavy atom. The molecule has 0 aromatic rings. The van der Waals surface area contributed by atoms with Crippen LogP contribution in [0.1, 0.15) is 112 Å². The van der Waals surface area contributed by atoms with E-state index in [0.29, 0.717) is 12.3 Å². The van der Waals surface area contributed by atoms with Crippen LogP contribution in [-0.4, -0.2) is 23.1 Å². The van der Waals surface area contributed by atoms with E-state index in [-0.39, 0.29) is 23.4 Å². The Balaban J connectivity index is 2.07. The summed E-state index contributed by atoms with van der Waals surface area (Å²) in [7, 11) is 0. The predicted octanol–water partition coefficient (Wildman–Crippen LogP) is 6.86. The first-order valence-corrected chi connectivity index (χ1v) is 12.6. The van der Waals surface area contributed by atoms with Crippen molar-refractivity contribution < 1.29 is 19.4 Å². The molecule has 0 bridgehead atoms. The van der Waals surface area contributed by atoms with Gasteiger partial charge in [0.05, 0.1) is 11.8 Å². The maximum atomic E-state index is 13.2. The maximum Gasteiger partial charge on any atom is 0.310 e. The van der Waals surface area contributed by atoms with Crippen molar-refractivity contribution in [3.05, 3.63) is 0 Å². The van der Waals surface area contributed by atoms with E-state index >= 15 is 0 Å². The molecule has 0 saturated heterocycles. The van der Waals surface area contributed by atoms with Crippen molar-refractivity contribution in [3.8, 4) is 0 Å². The quantitative estimate of drug-likeness (QED) is 0.391. The van der Waals surface area contributed by atoms with Gasteiger partial charge in [-0.1, -0.05) is 79.6 Å². The summed E-state index contributed by atoms with van der Waals surface area (Å²) in [6, 6.07) is 0. The molecule has 2 saturated carbocycles. The molecule has 0 heterocycles. The second-order valence-electron chi connectivity index (χ2n) is 11.0. The molecule has 0 aromatic carbocycles. The number of rotatable bonds is 10. The van der Waals surface area contributed by atoms with Gasteiger partial charge < -0.3 is 9.84 Å². The summed E-state index contributed by atoms with van der Waals surface area (Å²) in [5, 5.41) is 9.73. The molecule has 4 unspecified atom stereocenters. The van der Waals surface area contributed by atoms with Crippen molar-refractivity contribution in [2.45, 2.75) is 118 Å². The lowest BCUT2D eigenvalue weighted by Crippen LogP contribution is -2.42. The van der Waals surface area contributed by atoms with Crippen LogP contribution in [-0.2, 0) is 14.3 Å². The number of carboxylic acids is 1. The van der Waals surface area contributed by atoms with Crippen LogP contribution in [0.2, 0.25) is 0 Å². The lowest BCUT2D eigenvalue weighted by atomic mass is 9.72. The number of carbonyl (C=O) groups excluding carboxylic acids is 1. The van der Waals surface area contributed by atoms with Gasteiger partial charge >= 0.3 is 11.9 Å². The molecule has 4 nitrogen and oxygen atoms in total. The Bertz CT molecular complexity index is 547. The van der Waals surface area contributed by atoms with Gasteiger partial charge in [-0.2, -0.15) is 0 Å². The highest BCUT2D eigenvalue weighted by atomic mass is 16.5. The second kappa shape index (κ2) is 11.5. The molecule has 0 aromatic heterocycles. The molecule has 2 aliphatic carbocycles. The summed E-state index contributed by atoms with van der Waals surface area (Å²) in [5.41, 5.74) is 0.121. The molecule has 30 heavy (non-hydrogen) atoms. The Kier molecular flexibility index (Phi) is 9.68. The Morgan fingerprint density at radius 1 is 1.07 bits per heavy atom. The van der Waals surface area contributed by atoms with Crippen molar-refractivity contribution in [2.24, 2.45) is 35.0 Å². The molecule has 2 rings (SSSR count). The van der Waals surface area contributed by atoms with Gasteiger partial charge in [-0.3, -0.25) is 9.59 Å². The summed E-state index contributed by atoms with van der Waals surface area (Å²) in [4.78, 5) is 25.1. The van der Waals surface area contributed by atoms with E-state index in [1.54, 1.807) is 0 Å². The van der Waals surface area contributed by atoms with Crippen molar-refractivity contribution >= 4 is 11.9 Å². The van der Waals surface area contributed by atoms with Gasteiger partial charge in [-0.15, -0.1) is 0 Å². The predicted molar refractivity (Wildman–Crippen MR) is 121 cm³/mol. The fourth-order valence-corrected chi connectivity index (χ4v) is 5.67.